The van der Waals surface area contributed by atoms with Gasteiger partial charge in [-0.25, -0.2) is 4.68 Å². The zero-order chi connectivity index (χ0) is 21.1. The SMILES string of the molecule is Cc1cc(=O)c(C(=O)Nc2ccc([N+](=O)[O-])cc2)nn1-c1ccccc1[N+](=O)[O-]. The van der Waals surface area contributed by atoms with E-state index >= 15 is 0 Å². The molecular formula is C18H13N5O6. The number of benzene rings is 2. The third-order valence-electron chi connectivity index (χ3n) is 3.97. The van der Waals surface area contributed by atoms with E-state index in [1.165, 1.54) is 49.4 Å². The minimum Gasteiger partial charge on any atom is -0.320 e. The zero-order valence-corrected chi connectivity index (χ0v) is 14.9. The molecule has 1 heterocycles. The van der Waals surface area contributed by atoms with Gasteiger partial charge in [0.1, 0.15) is 5.69 Å². The number of non-ortho nitro benzene ring substituents is 1. The lowest BCUT2D eigenvalue weighted by molar-refractivity contribution is -0.384. The molecule has 29 heavy (non-hydrogen) atoms. The number of carbonyl (C=O) groups is 1. The molecule has 11 heteroatoms. The molecule has 3 aromatic rings. The van der Waals surface area contributed by atoms with Crippen molar-refractivity contribution in [2.45, 2.75) is 6.92 Å². The van der Waals surface area contributed by atoms with Crippen LogP contribution in [0.3, 0.4) is 0 Å². The standard InChI is InChI=1S/C18H13N5O6/c1-11-10-16(24)17(18(25)19-12-6-8-13(9-7-12)22(26)27)20-21(11)14-4-2-3-5-15(14)23(28)29/h2-10H,1H3,(H,19,25). The summed E-state index contributed by atoms with van der Waals surface area (Å²) in [6.45, 7) is 1.53. The molecular weight excluding hydrogens is 382 g/mol. The fraction of sp³-hybridized carbons (Fsp3) is 0.0556. The van der Waals surface area contributed by atoms with Crippen LogP contribution in [-0.4, -0.2) is 25.5 Å². The maximum Gasteiger partial charge on any atom is 0.294 e. The molecule has 0 fully saturated rings. The van der Waals surface area contributed by atoms with Gasteiger partial charge >= 0.3 is 0 Å². The Bertz CT molecular complexity index is 1190. The highest BCUT2D eigenvalue weighted by molar-refractivity contribution is 6.02. The predicted molar refractivity (Wildman–Crippen MR) is 102 cm³/mol. The number of hydrogen-bond donors (Lipinski definition) is 1. The van der Waals surface area contributed by atoms with E-state index in [2.05, 4.69) is 10.4 Å². The molecule has 0 saturated carbocycles. The number of nitrogens with zero attached hydrogens (tertiary/aromatic N) is 4. The first-order chi connectivity index (χ1) is 13.8. The van der Waals surface area contributed by atoms with Gasteiger partial charge in [-0.2, -0.15) is 5.10 Å². The average Bonchev–Trinajstić information content (AvgIpc) is 2.68. The minimum absolute atomic E-state index is 0.0967. The van der Waals surface area contributed by atoms with Crippen LogP contribution in [0.1, 0.15) is 16.2 Å². The number of aromatic nitrogens is 2. The molecule has 2 aromatic carbocycles. The summed E-state index contributed by atoms with van der Waals surface area (Å²) in [6, 6.07) is 11.9. The Kier molecular flexibility index (Phi) is 5.13. The third-order valence-corrected chi connectivity index (χ3v) is 3.97. The molecule has 0 aliphatic rings. The Hall–Kier alpha value is -4.41. The normalized spacial score (nSPS) is 10.4. The van der Waals surface area contributed by atoms with Gasteiger partial charge in [-0.1, -0.05) is 12.1 Å². The highest BCUT2D eigenvalue weighted by Gasteiger charge is 2.20. The van der Waals surface area contributed by atoms with E-state index in [0.29, 0.717) is 5.69 Å². The highest BCUT2D eigenvalue weighted by atomic mass is 16.6. The van der Waals surface area contributed by atoms with Gasteiger partial charge in [-0.05, 0) is 25.1 Å². The summed E-state index contributed by atoms with van der Waals surface area (Å²) in [4.78, 5) is 45.6. The summed E-state index contributed by atoms with van der Waals surface area (Å²) in [5.74, 6) is -0.851. The first-order valence-corrected chi connectivity index (χ1v) is 8.18. The summed E-state index contributed by atoms with van der Waals surface area (Å²) in [5.41, 5.74) is -0.928. The number of aryl methyl sites for hydroxylation is 1. The Balaban J connectivity index is 1.99. The second-order valence-electron chi connectivity index (χ2n) is 5.91. The van der Waals surface area contributed by atoms with Crippen LogP contribution in [0.15, 0.2) is 59.4 Å². The number of hydrogen-bond acceptors (Lipinski definition) is 7. The van der Waals surface area contributed by atoms with Crippen molar-refractivity contribution in [2.75, 3.05) is 5.32 Å². The van der Waals surface area contributed by atoms with Crippen LogP contribution in [0.25, 0.3) is 5.69 Å². The Morgan fingerprint density at radius 3 is 2.31 bits per heavy atom. The maximum atomic E-state index is 12.5. The fourth-order valence-corrected chi connectivity index (χ4v) is 2.60. The molecule has 1 amide bonds. The third kappa shape index (κ3) is 3.98. The van der Waals surface area contributed by atoms with Gasteiger partial charge in [0.25, 0.3) is 17.3 Å². The first-order valence-electron chi connectivity index (χ1n) is 8.18. The monoisotopic (exact) mass is 395 g/mol. The number of nitro benzene ring substituents is 2. The van der Waals surface area contributed by atoms with Crippen LogP contribution in [0.5, 0.6) is 0 Å². The van der Waals surface area contributed by atoms with Crippen LogP contribution >= 0.6 is 0 Å². The summed E-state index contributed by atoms with van der Waals surface area (Å²) in [5, 5.41) is 28.4. The number of rotatable bonds is 5. The number of para-hydroxylation sites is 2. The van der Waals surface area contributed by atoms with Crippen LogP contribution in [0.2, 0.25) is 0 Å². The van der Waals surface area contributed by atoms with Gasteiger partial charge in [0.05, 0.1) is 9.85 Å². The van der Waals surface area contributed by atoms with E-state index in [0.717, 1.165) is 10.7 Å². The van der Waals surface area contributed by atoms with E-state index < -0.39 is 26.9 Å². The Morgan fingerprint density at radius 1 is 1.03 bits per heavy atom. The van der Waals surface area contributed by atoms with Gasteiger partial charge in [0.2, 0.25) is 5.43 Å². The van der Waals surface area contributed by atoms with Crippen molar-refractivity contribution < 1.29 is 14.6 Å². The number of nitro groups is 2. The summed E-state index contributed by atoms with van der Waals surface area (Å²) in [7, 11) is 0. The van der Waals surface area contributed by atoms with Gasteiger partial charge in [-0.15, -0.1) is 0 Å². The summed E-state index contributed by atoms with van der Waals surface area (Å²) < 4.78 is 1.14. The van der Waals surface area contributed by atoms with E-state index in [-0.39, 0.29) is 22.7 Å². The summed E-state index contributed by atoms with van der Waals surface area (Å²) in [6.07, 6.45) is 0. The number of amides is 1. The van der Waals surface area contributed by atoms with Crippen molar-refractivity contribution in [3.05, 3.63) is 96.4 Å². The molecule has 1 N–H and O–H groups in total. The predicted octanol–water partition coefficient (Wildman–Crippen LogP) is 2.61. The number of anilines is 1. The largest absolute Gasteiger partial charge is 0.320 e. The molecule has 0 bridgehead atoms. The van der Waals surface area contributed by atoms with Crippen molar-refractivity contribution in [2.24, 2.45) is 0 Å². The second-order valence-corrected chi connectivity index (χ2v) is 5.91. The lowest BCUT2D eigenvalue weighted by Gasteiger charge is -2.11. The van der Waals surface area contributed by atoms with Crippen molar-refractivity contribution in [3.63, 3.8) is 0 Å². The molecule has 0 saturated heterocycles. The van der Waals surface area contributed by atoms with Crippen molar-refractivity contribution in [1.29, 1.82) is 0 Å². The molecule has 0 atom stereocenters. The lowest BCUT2D eigenvalue weighted by atomic mass is 10.2. The van der Waals surface area contributed by atoms with E-state index in [1.54, 1.807) is 6.07 Å². The quantitative estimate of drug-likeness (QED) is 0.515. The topological polar surface area (TPSA) is 150 Å². The number of carbonyl (C=O) groups excluding carboxylic acids is 1. The Labute approximate surface area is 162 Å². The molecule has 11 nitrogen and oxygen atoms in total. The second kappa shape index (κ2) is 7.68. The fourth-order valence-electron chi connectivity index (χ4n) is 2.60. The minimum atomic E-state index is -0.851. The van der Waals surface area contributed by atoms with Crippen LogP contribution < -0.4 is 10.7 Å². The van der Waals surface area contributed by atoms with Crippen molar-refractivity contribution in [1.82, 2.24) is 9.78 Å². The van der Waals surface area contributed by atoms with E-state index in [9.17, 15) is 29.8 Å². The molecule has 0 spiro atoms. The molecule has 146 valence electrons. The molecule has 1 aromatic heterocycles. The van der Waals surface area contributed by atoms with Crippen LogP contribution in [-0.2, 0) is 0 Å². The van der Waals surface area contributed by atoms with Gasteiger partial charge in [0, 0.05) is 35.6 Å². The smallest absolute Gasteiger partial charge is 0.294 e. The van der Waals surface area contributed by atoms with Crippen LogP contribution in [0.4, 0.5) is 17.1 Å². The molecule has 0 aliphatic heterocycles. The van der Waals surface area contributed by atoms with E-state index in [4.69, 9.17) is 0 Å². The average molecular weight is 395 g/mol. The van der Waals surface area contributed by atoms with Gasteiger partial charge in [0.15, 0.2) is 5.69 Å². The highest BCUT2D eigenvalue weighted by Crippen LogP contribution is 2.22. The Morgan fingerprint density at radius 2 is 1.69 bits per heavy atom. The molecule has 0 radical (unpaired) electrons. The maximum absolute atomic E-state index is 12.5. The van der Waals surface area contributed by atoms with Gasteiger partial charge in [-0.3, -0.25) is 29.8 Å². The summed E-state index contributed by atoms with van der Waals surface area (Å²) >= 11 is 0. The van der Waals surface area contributed by atoms with Crippen molar-refractivity contribution >= 4 is 23.0 Å². The first kappa shape index (κ1) is 19.4. The van der Waals surface area contributed by atoms with Crippen LogP contribution in [0, 0.1) is 27.2 Å². The van der Waals surface area contributed by atoms with E-state index in [1.807, 2.05) is 0 Å². The molecule has 0 unspecified atom stereocenters. The lowest BCUT2D eigenvalue weighted by Crippen LogP contribution is -2.27. The molecule has 3 rings (SSSR count). The number of nitrogens with one attached hydrogen (secondary N) is 1. The van der Waals surface area contributed by atoms with Gasteiger partial charge < -0.3 is 5.32 Å². The molecule has 0 aliphatic carbocycles. The van der Waals surface area contributed by atoms with Crippen molar-refractivity contribution in [3.8, 4) is 5.69 Å². The zero-order valence-electron chi connectivity index (χ0n) is 14.9.